The molecule has 0 radical (unpaired) electrons. The predicted octanol–water partition coefficient (Wildman–Crippen LogP) is 4.55. The Morgan fingerprint density at radius 2 is 2.06 bits per heavy atom. The lowest BCUT2D eigenvalue weighted by Gasteiger charge is -2.20. The van der Waals surface area contributed by atoms with Crippen LogP contribution < -0.4 is 4.90 Å². The second kappa shape index (κ2) is 5.59. The van der Waals surface area contributed by atoms with Crippen molar-refractivity contribution in [1.82, 2.24) is 4.98 Å². The van der Waals surface area contributed by atoms with E-state index in [1.165, 1.54) is 5.56 Å². The van der Waals surface area contributed by atoms with E-state index in [9.17, 15) is 0 Å². The van der Waals surface area contributed by atoms with Crippen LogP contribution in [0.5, 0.6) is 0 Å². The third-order valence-corrected chi connectivity index (χ3v) is 3.33. The van der Waals surface area contributed by atoms with E-state index < -0.39 is 0 Å². The Hall–Kier alpha value is -1.25. The van der Waals surface area contributed by atoms with Crippen LogP contribution in [0.1, 0.15) is 11.1 Å². The van der Waals surface area contributed by atoms with Crippen LogP contribution in [-0.4, -0.2) is 12.0 Å². The van der Waals surface area contributed by atoms with E-state index in [2.05, 4.69) is 24.0 Å². The molecule has 0 bridgehead atoms. The number of nitrogens with zero attached hydrogens (tertiary/aromatic N) is 2. The molecule has 0 spiro atoms. The first kappa shape index (κ1) is 13.2. The summed E-state index contributed by atoms with van der Waals surface area (Å²) < 4.78 is 0. The summed E-state index contributed by atoms with van der Waals surface area (Å²) in [4.78, 5) is 6.33. The molecule has 0 aliphatic heterocycles. The molecule has 2 rings (SSSR count). The van der Waals surface area contributed by atoms with E-state index in [-0.39, 0.29) is 0 Å². The molecule has 0 saturated carbocycles. The van der Waals surface area contributed by atoms with Crippen molar-refractivity contribution in [2.24, 2.45) is 0 Å². The van der Waals surface area contributed by atoms with Crippen molar-refractivity contribution in [2.45, 2.75) is 12.8 Å². The summed E-state index contributed by atoms with van der Waals surface area (Å²) >= 11 is 12.0. The van der Waals surface area contributed by atoms with Gasteiger partial charge in [-0.2, -0.15) is 0 Å². The molecule has 2 nitrogen and oxygen atoms in total. The summed E-state index contributed by atoms with van der Waals surface area (Å²) in [5, 5.41) is 0.608. The Kier molecular flexibility index (Phi) is 4.10. The van der Waals surface area contributed by atoms with Crippen molar-refractivity contribution in [2.75, 3.05) is 11.9 Å². The number of benzene rings is 1. The highest BCUT2D eigenvalue weighted by Gasteiger charge is 2.10. The minimum atomic E-state index is 0.418. The normalized spacial score (nSPS) is 10.4. The quantitative estimate of drug-likeness (QED) is 0.767. The van der Waals surface area contributed by atoms with Crippen LogP contribution in [0, 0.1) is 6.92 Å². The van der Waals surface area contributed by atoms with Gasteiger partial charge in [0, 0.05) is 24.8 Å². The average Bonchev–Trinajstić information content (AvgIpc) is 2.37. The van der Waals surface area contributed by atoms with Crippen molar-refractivity contribution in [1.29, 1.82) is 0 Å². The predicted molar refractivity (Wildman–Crippen MR) is 78.0 cm³/mol. The zero-order valence-corrected chi connectivity index (χ0v) is 11.8. The number of halogens is 2. The van der Waals surface area contributed by atoms with Gasteiger partial charge in [0.25, 0.3) is 0 Å². The maximum atomic E-state index is 6.23. The van der Waals surface area contributed by atoms with E-state index >= 15 is 0 Å². The van der Waals surface area contributed by atoms with Gasteiger partial charge in [0.15, 0.2) is 5.82 Å². The number of hydrogen-bond donors (Lipinski definition) is 0. The van der Waals surface area contributed by atoms with Gasteiger partial charge in [-0.3, -0.25) is 0 Å². The molecule has 0 aliphatic carbocycles. The van der Waals surface area contributed by atoms with E-state index in [1.807, 2.05) is 30.1 Å². The molecule has 4 heteroatoms. The largest absolute Gasteiger partial charge is 0.328 e. The second-order valence-corrected chi connectivity index (χ2v) is 4.86. The number of rotatable bonds is 3. The van der Waals surface area contributed by atoms with Crippen molar-refractivity contribution < 1.29 is 0 Å². The molecule has 0 N–H and O–H groups in total. The molecule has 1 heterocycles. The first-order valence-electron chi connectivity index (χ1n) is 5.62. The highest BCUT2D eigenvalue weighted by atomic mass is 35.5. The van der Waals surface area contributed by atoms with E-state index in [0.717, 1.165) is 17.1 Å². The smallest absolute Gasteiger partial charge is 0.151 e. The molecule has 0 atom stereocenters. The lowest BCUT2D eigenvalue weighted by Crippen LogP contribution is -2.12. The van der Waals surface area contributed by atoms with Crippen molar-refractivity contribution in [3.63, 3.8) is 0 Å². The summed E-state index contributed by atoms with van der Waals surface area (Å²) in [5.41, 5.74) is 3.18. The second-order valence-electron chi connectivity index (χ2n) is 4.18. The fraction of sp³-hybridized carbons (Fsp3) is 0.214. The first-order chi connectivity index (χ1) is 8.61. The molecular weight excluding hydrogens is 267 g/mol. The number of pyridine rings is 1. The molecule has 0 aliphatic rings. The van der Waals surface area contributed by atoms with Gasteiger partial charge < -0.3 is 4.90 Å². The third-order valence-electron chi connectivity index (χ3n) is 2.74. The van der Waals surface area contributed by atoms with Crippen molar-refractivity contribution in [3.05, 3.63) is 52.7 Å². The molecule has 0 saturated heterocycles. The van der Waals surface area contributed by atoms with E-state index in [1.54, 1.807) is 6.20 Å². The fourth-order valence-electron chi connectivity index (χ4n) is 1.75. The highest BCUT2D eigenvalue weighted by molar-refractivity contribution is 6.33. The molecular formula is C14H14Cl2N2. The lowest BCUT2D eigenvalue weighted by atomic mass is 10.2. The molecule has 0 amide bonds. The number of hydrogen-bond acceptors (Lipinski definition) is 2. The maximum Gasteiger partial charge on any atom is 0.151 e. The van der Waals surface area contributed by atoms with Gasteiger partial charge in [0.05, 0.1) is 5.02 Å². The summed E-state index contributed by atoms with van der Waals surface area (Å²) in [6.45, 7) is 2.06. The summed E-state index contributed by atoms with van der Waals surface area (Å²) in [6, 6.07) is 10.0. The van der Waals surface area contributed by atoms with Crippen LogP contribution in [0.25, 0.3) is 0 Å². The van der Waals surface area contributed by atoms with Crippen molar-refractivity contribution in [3.8, 4) is 0 Å². The topological polar surface area (TPSA) is 16.1 Å². The van der Waals surface area contributed by atoms with Crippen LogP contribution in [0.2, 0.25) is 5.02 Å². The monoisotopic (exact) mass is 280 g/mol. The van der Waals surface area contributed by atoms with Gasteiger partial charge in [0.1, 0.15) is 0 Å². The molecule has 0 unspecified atom stereocenters. The van der Waals surface area contributed by atoms with Crippen LogP contribution in [0.15, 0.2) is 36.5 Å². The minimum absolute atomic E-state index is 0.418. The Bertz CT molecular complexity index is 555. The summed E-state index contributed by atoms with van der Waals surface area (Å²) in [6.07, 6.45) is 1.75. The maximum absolute atomic E-state index is 6.23. The first-order valence-corrected chi connectivity index (χ1v) is 6.54. The Labute approximate surface area is 117 Å². The summed E-state index contributed by atoms with van der Waals surface area (Å²) in [7, 11) is 1.95. The standard InChI is InChI=1S/C14H14Cl2N2/c1-10-4-3-5-12(6-10)18(2)14-13(16)7-11(8-15)9-17-14/h3-7,9H,8H2,1-2H3. The van der Waals surface area contributed by atoms with Gasteiger partial charge in [-0.25, -0.2) is 4.98 Å². The number of aromatic nitrogens is 1. The molecule has 2 aromatic rings. The third kappa shape index (κ3) is 2.77. The fourth-order valence-corrected chi connectivity index (χ4v) is 2.21. The molecule has 0 fully saturated rings. The number of anilines is 2. The zero-order valence-electron chi connectivity index (χ0n) is 10.3. The lowest BCUT2D eigenvalue weighted by molar-refractivity contribution is 1.11. The highest BCUT2D eigenvalue weighted by Crippen LogP contribution is 2.29. The Morgan fingerprint density at radius 1 is 1.28 bits per heavy atom. The molecule has 1 aromatic carbocycles. The van der Waals surface area contributed by atoms with Crippen molar-refractivity contribution >= 4 is 34.7 Å². The number of alkyl halides is 1. The average molecular weight is 281 g/mol. The zero-order chi connectivity index (χ0) is 13.1. The Morgan fingerprint density at radius 3 is 2.67 bits per heavy atom. The van der Waals surface area contributed by atoms with E-state index in [0.29, 0.717) is 10.9 Å². The van der Waals surface area contributed by atoms with E-state index in [4.69, 9.17) is 23.2 Å². The number of aryl methyl sites for hydroxylation is 1. The molecule has 1 aromatic heterocycles. The van der Waals surface area contributed by atoms with Gasteiger partial charge in [-0.05, 0) is 36.2 Å². The molecule has 18 heavy (non-hydrogen) atoms. The SMILES string of the molecule is Cc1cccc(N(C)c2ncc(CCl)cc2Cl)c1. The summed E-state index contributed by atoms with van der Waals surface area (Å²) in [5.74, 6) is 1.15. The van der Waals surface area contributed by atoms with Gasteiger partial charge in [-0.15, -0.1) is 11.6 Å². The Balaban J connectivity index is 2.37. The van der Waals surface area contributed by atoms with Crippen LogP contribution in [0.4, 0.5) is 11.5 Å². The van der Waals surface area contributed by atoms with Crippen LogP contribution >= 0.6 is 23.2 Å². The van der Waals surface area contributed by atoms with Gasteiger partial charge in [0.2, 0.25) is 0 Å². The molecule has 94 valence electrons. The van der Waals surface area contributed by atoms with Gasteiger partial charge in [-0.1, -0.05) is 23.7 Å². The van der Waals surface area contributed by atoms with Gasteiger partial charge >= 0.3 is 0 Å². The minimum Gasteiger partial charge on any atom is -0.328 e. The van der Waals surface area contributed by atoms with Crippen LogP contribution in [-0.2, 0) is 5.88 Å². The van der Waals surface area contributed by atoms with Crippen LogP contribution in [0.3, 0.4) is 0 Å².